The van der Waals surface area contributed by atoms with Crippen LogP contribution < -0.4 is 15.4 Å². The molecule has 2 aromatic heterocycles. The lowest BCUT2D eigenvalue weighted by atomic mass is 9.96. The van der Waals surface area contributed by atoms with Crippen molar-refractivity contribution in [3.63, 3.8) is 0 Å². The molecule has 2 atom stereocenters. The van der Waals surface area contributed by atoms with E-state index >= 15 is 0 Å². The molecule has 0 unspecified atom stereocenters. The van der Waals surface area contributed by atoms with Gasteiger partial charge in [-0.2, -0.15) is 0 Å². The van der Waals surface area contributed by atoms with Crippen LogP contribution in [-0.2, 0) is 4.79 Å². The Morgan fingerprint density at radius 2 is 1.85 bits per heavy atom. The molecule has 200 valence electrons. The molecule has 7 nitrogen and oxygen atoms in total. The van der Waals surface area contributed by atoms with Crippen molar-refractivity contribution in [2.24, 2.45) is 0 Å². The first kappa shape index (κ1) is 26.7. The van der Waals surface area contributed by atoms with Gasteiger partial charge in [0.05, 0.1) is 41.3 Å². The number of halogens is 1. The summed E-state index contributed by atoms with van der Waals surface area (Å²) in [5.41, 5.74) is 5.65. The predicted octanol–water partition coefficient (Wildman–Crippen LogP) is 6.15. The molecule has 4 aromatic rings. The van der Waals surface area contributed by atoms with Gasteiger partial charge in [0.15, 0.2) is 5.11 Å². The van der Waals surface area contributed by atoms with E-state index in [1.165, 1.54) is 0 Å². The van der Waals surface area contributed by atoms with E-state index in [0.29, 0.717) is 28.1 Å². The fourth-order valence-electron chi connectivity index (χ4n) is 5.26. The van der Waals surface area contributed by atoms with Crippen LogP contribution in [0, 0.1) is 13.8 Å². The van der Waals surface area contributed by atoms with Gasteiger partial charge in [-0.15, -0.1) is 0 Å². The lowest BCUT2D eigenvalue weighted by Crippen LogP contribution is -2.33. The zero-order valence-corrected chi connectivity index (χ0v) is 23.6. The summed E-state index contributed by atoms with van der Waals surface area (Å²) >= 11 is 12.4. The Morgan fingerprint density at radius 3 is 2.59 bits per heavy atom. The van der Waals surface area contributed by atoms with E-state index in [4.69, 9.17) is 28.6 Å². The topological polar surface area (TPSA) is 71.4 Å². The SMILES string of the molecule is COc1ccccc1NC(=O)CCN1C(=S)N[C@H](c2ccccn2)[C@H]1c1cc(C)n(-c2ccccc2Cl)c1C. The number of methoxy groups -OCH3 is 1. The molecule has 2 N–H and O–H groups in total. The average Bonchev–Trinajstić information content (AvgIpc) is 3.42. The molecule has 2 aromatic carbocycles. The van der Waals surface area contributed by atoms with E-state index in [1.807, 2.05) is 66.7 Å². The zero-order valence-electron chi connectivity index (χ0n) is 22.0. The van der Waals surface area contributed by atoms with E-state index in [9.17, 15) is 4.79 Å². The number of hydrogen-bond acceptors (Lipinski definition) is 4. The van der Waals surface area contributed by atoms with Crippen molar-refractivity contribution in [2.75, 3.05) is 19.0 Å². The quantitative estimate of drug-likeness (QED) is 0.252. The highest BCUT2D eigenvalue weighted by Crippen LogP contribution is 2.42. The molecule has 0 spiro atoms. The van der Waals surface area contributed by atoms with Crippen LogP contribution in [-0.4, -0.2) is 39.1 Å². The lowest BCUT2D eigenvalue weighted by Gasteiger charge is -2.28. The number of aromatic nitrogens is 2. The third kappa shape index (κ3) is 5.35. The first-order valence-electron chi connectivity index (χ1n) is 12.7. The van der Waals surface area contributed by atoms with Gasteiger partial charge < -0.3 is 24.8 Å². The Balaban J connectivity index is 1.47. The van der Waals surface area contributed by atoms with Crippen molar-refractivity contribution in [1.29, 1.82) is 0 Å². The van der Waals surface area contributed by atoms with Crippen LogP contribution >= 0.6 is 23.8 Å². The summed E-state index contributed by atoms with van der Waals surface area (Å²) in [6.07, 6.45) is 2.03. The third-order valence-electron chi connectivity index (χ3n) is 7.04. The highest BCUT2D eigenvalue weighted by Gasteiger charge is 2.41. The second-order valence-corrected chi connectivity index (χ2v) is 10.2. The molecule has 1 aliphatic heterocycles. The Hall–Kier alpha value is -3.88. The Morgan fingerprint density at radius 1 is 1.10 bits per heavy atom. The molecule has 9 heteroatoms. The number of carbonyl (C=O) groups excluding carboxylic acids is 1. The normalized spacial score (nSPS) is 16.7. The minimum Gasteiger partial charge on any atom is -0.495 e. The summed E-state index contributed by atoms with van der Waals surface area (Å²) in [6, 6.07) is 22.9. The summed E-state index contributed by atoms with van der Waals surface area (Å²) in [5, 5.41) is 7.70. The van der Waals surface area contributed by atoms with E-state index in [-0.39, 0.29) is 24.4 Å². The van der Waals surface area contributed by atoms with Gasteiger partial charge in [-0.1, -0.05) is 41.9 Å². The molecule has 3 heterocycles. The molecule has 39 heavy (non-hydrogen) atoms. The fourth-order valence-corrected chi connectivity index (χ4v) is 5.81. The first-order valence-corrected chi connectivity index (χ1v) is 13.5. The molecule has 0 radical (unpaired) electrons. The highest BCUT2D eigenvalue weighted by atomic mass is 35.5. The van der Waals surface area contributed by atoms with Gasteiger partial charge in [-0.25, -0.2) is 0 Å². The number of ether oxygens (including phenoxy) is 1. The van der Waals surface area contributed by atoms with Gasteiger partial charge in [0, 0.05) is 30.6 Å². The van der Waals surface area contributed by atoms with Gasteiger partial charge in [-0.05, 0) is 74.1 Å². The van der Waals surface area contributed by atoms with Gasteiger partial charge in [0.1, 0.15) is 5.75 Å². The number of nitrogens with one attached hydrogen (secondary N) is 2. The van der Waals surface area contributed by atoms with Gasteiger partial charge in [0.25, 0.3) is 0 Å². The predicted molar refractivity (Wildman–Crippen MR) is 159 cm³/mol. The van der Waals surface area contributed by atoms with Crippen molar-refractivity contribution >= 4 is 40.5 Å². The number of para-hydroxylation sites is 3. The lowest BCUT2D eigenvalue weighted by molar-refractivity contribution is -0.116. The number of benzene rings is 2. The van der Waals surface area contributed by atoms with Gasteiger partial charge in [-0.3, -0.25) is 9.78 Å². The van der Waals surface area contributed by atoms with Crippen LogP contribution in [0.5, 0.6) is 5.75 Å². The van der Waals surface area contributed by atoms with Crippen LogP contribution in [0.2, 0.25) is 5.02 Å². The summed E-state index contributed by atoms with van der Waals surface area (Å²) in [5.74, 6) is 0.494. The summed E-state index contributed by atoms with van der Waals surface area (Å²) in [7, 11) is 1.58. The molecule has 0 aliphatic carbocycles. The second-order valence-electron chi connectivity index (χ2n) is 9.43. The van der Waals surface area contributed by atoms with Gasteiger partial charge in [0.2, 0.25) is 5.91 Å². The van der Waals surface area contributed by atoms with E-state index in [2.05, 4.69) is 45.0 Å². The summed E-state index contributed by atoms with van der Waals surface area (Å²) < 4.78 is 7.54. The van der Waals surface area contributed by atoms with Crippen molar-refractivity contribution in [2.45, 2.75) is 32.4 Å². The monoisotopic (exact) mass is 559 g/mol. The first-order chi connectivity index (χ1) is 18.9. The number of aryl methyl sites for hydroxylation is 1. The smallest absolute Gasteiger partial charge is 0.226 e. The molecular formula is C30H30ClN5O2S. The van der Waals surface area contributed by atoms with Crippen LogP contribution in [0.25, 0.3) is 5.69 Å². The zero-order chi connectivity index (χ0) is 27.5. The van der Waals surface area contributed by atoms with Gasteiger partial charge >= 0.3 is 0 Å². The number of carbonyl (C=O) groups is 1. The van der Waals surface area contributed by atoms with Crippen LogP contribution in [0.4, 0.5) is 5.69 Å². The molecule has 1 fully saturated rings. The minimum absolute atomic E-state index is 0.121. The Bertz CT molecular complexity index is 1510. The largest absolute Gasteiger partial charge is 0.495 e. The van der Waals surface area contributed by atoms with Crippen LogP contribution in [0.3, 0.4) is 0 Å². The number of anilines is 1. The van der Waals surface area contributed by atoms with Crippen molar-refractivity contribution in [3.8, 4) is 11.4 Å². The maximum atomic E-state index is 13.0. The molecule has 1 saturated heterocycles. The molecule has 0 saturated carbocycles. The minimum atomic E-state index is -0.184. The van der Waals surface area contributed by atoms with E-state index in [0.717, 1.165) is 28.3 Å². The maximum absolute atomic E-state index is 13.0. The average molecular weight is 560 g/mol. The Labute approximate surface area is 238 Å². The number of pyridine rings is 1. The summed E-state index contributed by atoms with van der Waals surface area (Å²) in [4.78, 5) is 19.7. The van der Waals surface area contributed by atoms with E-state index in [1.54, 1.807) is 13.3 Å². The number of nitrogens with zero attached hydrogens (tertiary/aromatic N) is 3. The molecule has 5 rings (SSSR count). The van der Waals surface area contributed by atoms with Crippen LogP contribution in [0.1, 0.15) is 41.1 Å². The standard InChI is InChI=1S/C30H30ClN5O2S/c1-19-18-21(20(2)36(19)25-13-6-4-10-22(25)31)29-28(24-12-8-9-16-32-24)34-30(39)35(29)17-15-27(37)33-23-11-5-7-14-26(23)38-3/h4-14,16,18,28-29H,15,17H2,1-3H3,(H,33,37)(H,34,39)/t28-,29-/m1/s1. The maximum Gasteiger partial charge on any atom is 0.226 e. The van der Waals surface area contributed by atoms with E-state index < -0.39 is 0 Å². The van der Waals surface area contributed by atoms with Crippen LogP contribution in [0.15, 0.2) is 79.0 Å². The molecule has 1 amide bonds. The number of rotatable bonds is 8. The second kappa shape index (κ2) is 11.5. The Kier molecular flexibility index (Phi) is 7.86. The number of hydrogen-bond donors (Lipinski definition) is 2. The highest BCUT2D eigenvalue weighted by molar-refractivity contribution is 7.80. The molecule has 0 bridgehead atoms. The van der Waals surface area contributed by atoms with Crippen molar-refractivity contribution in [1.82, 2.24) is 19.8 Å². The summed E-state index contributed by atoms with van der Waals surface area (Å²) in [6.45, 7) is 4.59. The fraction of sp³-hybridized carbons (Fsp3) is 0.233. The van der Waals surface area contributed by atoms with Crippen molar-refractivity contribution in [3.05, 3.63) is 107 Å². The number of thiocarbonyl (C=S) groups is 1. The molecule has 1 aliphatic rings. The third-order valence-corrected chi connectivity index (χ3v) is 7.71. The number of amides is 1. The van der Waals surface area contributed by atoms with Crippen molar-refractivity contribution < 1.29 is 9.53 Å². The molecular weight excluding hydrogens is 530 g/mol.